The number of nitrogens with one attached hydrogen (secondary N) is 1. The van der Waals surface area contributed by atoms with Crippen LogP contribution in [0.5, 0.6) is 0 Å². The Kier molecular flexibility index (Phi) is 18.4. The molecule has 6 heteroatoms. The highest BCUT2D eigenvalue weighted by Crippen LogP contribution is 2.13. The van der Waals surface area contributed by atoms with Crippen LogP contribution in [0, 0.1) is 0 Å². The Labute approximate surface area is 171 Å². The number of aliphatic hydroxyl groups is 2. The Balaban J connectivity index is 3.28. The summed E-state index contributed by atoms with van der Waals surface area (Å²) in [5, 5.41) is 29.4. The third-order valence-corrected chi connectivity index (χ3v) is 5.15. The lowest BCUT2D eigenvalue weighted by atomic mass is 10.0. The number of carboxylic acids is 1. The summed E-state index contributed by atoms with van der Waals surface area (Å²) in [5.41, 5.74) is 0. The van der Waals surface area contributed by atoms with Crippen molar-refractivity contribution in [1.82, 2.24) is 5.32 Å². The van der Waals surface area contributed by atoms with E-state index in [-0.39, 0.29) is 0 Å². The van der Waals surface area contributed by atoms with E-state index < -0.39 is 24.1 Å². The van der Waals surface area contributed by atoms with E-state index in [1.807, 2.05) is 0 Å². The molecule has 0 aromatic carbocycles. The quantitative estimate of drug-likeness (QED) is 0.229. The van der Waals surface area contributed by atoms with Gasteiger partial charge < -0.3 is 20.6 Å². The summed E-state index contributed by atoms with van der Waals surface area (Å²) >= 11 is 0. The summed E-state index contributed by atoms with van der Waals surface area (Å²) in [6.07, 6.45) is 16.4. The topological polar surface area (TPSA) is 107 Å². The summed E-state index contributed by atoms with van der Waals surface area (Å²) in [6, 6.07) is 0. The maximum absolute atomic E-state index is 11.5. The van der Waals surface area contributed by atoms with Crippen LogP contribution >= 0.6 is 0 Å². The molecular formula is C22H43NO5. The summed E-state index contributed by atoms with van der Waals surface area (Å²) < 4.78 is 0. The molecule has 1 amide bonds. The Morgan fingerprint density at radius 3 is 1.36 bits per heavy atom. The predicted octanol–water partition coefficient (Wildman–Crippen LogP) is 4.17. The molecule has 0 saturated carbocycles. The zero-order valence-corrected chi connectivity index (χ0v) is 17.8. The first-order valence-electron chi connectivity index (χ1n) is 11.4. The highest BCUT2D eigenvalue weighted by atomic mass is 16.4. The second-order valence-electron chi connectivity index (χ2n) is 7.82. The van der Waals surface area contributed by atoms with Gasteiger partial charge in [0, 0.05) is 6.54 Å². The van der Waals surface area contributed by atoms with Gasteiger partial charge in [-0.25, -0.2) is 4.79 Å². The summed E-state index contributed by atoms with van der Waals surface area (Å²) in [5.74, 6) is -2.44. The molecule has 0 aromatic rings. The van der Waals surface area contributed by atoms with Crippen LogP contribution in [-0.2, 0) is 9.59 Å². The van der Waals surface area contributed by atoms with Crippen LogP contribution in [0.1, 0.15) is 110 Å². The van der Waals surface area contributed by atoms with E-state index >= 15 is 0 Å². The number of carbonyl (C=O) groups is 2. The van der Waals surface area contributed by atoms with Gasteiger partial charge in [0.25, 0.3) is 5.91 Å². The Morgan fingerprint density at radius 2 is 1.00 bits per heavy atom. The van der Waals surface area contributed by atoms with Gasteiger partial charge in [0.05, 0.1) is 0 Å². The average Bonchev–Trinajstić information content (AvgIpc) is 2.68. The second kappa shape index (κ2) is 19.2. The lowest BCUT2D eigenvalue weighted by Crippen LogP contribution is -2.45. The molecule has 0 radical (unpaired) electrons. The molecule has 0 fully saturated rings. The molecule has 0 aromatic heterocycles. The minimum absolute atomic E-state index is 0.390. The van der Waals surface area contributed by atoms with E-state index in [4.69, 9.17) is 10.2 Å². The average molecular weight is 402 g/mol. The first kappa shape index (κ1) is 26.9. The number of unbranched alkanes of at least 4 members (excludes halogenated alkanes) is 15. The highest BCUT2D eigenvalue weighted by Gasteiger charge is 2.29. The molecule has 0 rings (SSSR count). The van der Waals surface area contributed by atoms with E-state index in [0.29, 0.717) is 6.54 Å². The van der Waals surface area contributed by atoms with Crippen molar-refractivity contribution in [1.29, 1.82) is 0 Å². The number of carboxylic acid groups (broad SMARTS) is 1. The third-order valence-electron chi connectivity index (χ3n) is 5.15. The summed E-state index contributed by atoms with van der Waals surface area (Å²) in [4.78, 5) is 22.0. The van der Waals surface area contributed by atoms with Crippen LogP contribution in [0.2, 0.25) is 0 Å². The predicted molar refractivity (Wildman–Crippen MR) is 112 cm³/mol. The Bertz CT molecular complexity index is 389. The van der Waals surface area contributed by atoms with Crippen LogP contribution in [0.3, 0.4) is 0 Å². The van der Waals surface area contributed by atoms with Crippen molar-refractivity contribution in [2.24, 2.45) is 0 Å². The van der Waals surface area contributed by atoms with Gasteiger partial charge in [-0.15, -0.1) is 0 Å². The largest absolute Gasteiger partial charge is 0.479 e. The molecule has 6 nitrogen and oxygen atoms in total. The maximum Gasteiger partial charge on any atom is 0.335 e. The fraction of sp³-hybridized carbons (Fsp3) is 0.909. The molecule has 0 saturated heterocycles. The fourth-order valence-corrected chi connectivity index (χ4v) is 3.27. The fourth-order valence-electron chi connectivity index (χ4n) is 3.27. The molecule has 4 N–H and O–H groups in total. The molecule has 0 aliphatic heterocycles. The second-order valence-corrected chi connectivity index (χ2v) is 7.82. The van der Waals surface area contributed by atoms with Crippen LogP contribution in [0.25, 0.3) is 0 Å². The van der Waals surface area contributed by atoms with Crippen molar-refractivity contribution in [2.75, 3.05) is 6.54 Å². The van der Waals surface area contributed by atoms with Gasteiger partial charge in [-0.1, -0.05) is 103 Å². The SMILES string of the molecule is CCCCCCCCCCCCCCCCCCNC(=O)[C@H](O)[C@@H](O)C(=O)O. The summed E-state index contributed by atoms with van der Waals surface area (Å²) in [6.45, 7) is 2.65. The van der Waals surface area contributed by atoms with Gasteiger partial charge >= 0.3 is 5.97 Å². The Morgan fingerprint density at radius 1 is 0.643 bits per heavy atom. The van der Waals surface area contributed by atoms with Crippen molar-refractivity contribution >= 4 is 11.9 Å². The van der Waals surface area contributed by atoms with Gasteiger partial charge in [-0.3, -0.25) is 4.79 Å². The number of aliphatic hydroxyl groups excluding tert-OH is 2. The maximum atomic E-state index is 11.5. The molecule has 0 unspecified atom stereocenters. The zero-order valence-electron chi connectivity index (χ0n) is 17.8. The lowest BCUT2D eigenvalue weighted by molar-refractivity contribution is -0.158. The molecule has 28 heavy (non-hydrogen) atoms. The van der Waals surface area contributed by atoms with Crippen molar-refractivity contribution in [3.63, 3.8) is 0 Å². The van der Waals surface area contributed by atoms with Gasteiger partial charge in [0.2, 0.25) is 0 Å². The number of hydrogen-bond donors (Lipinski definition) is 4. The minimum atomic E-state index is -2.08. The third kappa shape index (κ3) is 15.9. The normalized spacial score (nSPS) is 13.2. The minimum Gasteiger partial charge on any atom is -0.479 e. The molecule has 2 atom stereocenters. The molecule has 0 aliphatic rings. The van der Waals surface area contributed by atoms with Crippen LogP contribution in [0.4, 0.5) is 0 Å². The number of hydrogen-bond acceptors (Lipinski definition) is 4. The molecule has 0 spiro atoms. The van der Waals surface area contributed by atoms with Gasteiger partial charge in [0.1, 0.15) is 0 Å². The molecule has 0 bridgehead atoms. The van der Waals surface area contributed by atoms with E-state index in [2.05, 4.69) is 12.2 Å². The van der Waals surface area contributed by atoms with Crippen molar-refractivity contribution in [2.45, 2.75) is 122 Å². The van der Waals surface area contributed by atoms with Gasteiger partial charge in [-0.05, 0) is 6.42 Å². The number of carbonyl (C=O) groups excluding carboxylic acids is 1. The van der Waals surface area contributed by atoms with Crippen molar-refractivity contribution < 1.29 is 24.9 Å². The van der Waals surface area contributed by atoms with Crippen molar-refractivity contribution in [3.8, 4) is 0 Å². The van der Waals surface area contributed by atoms with E-state index in [9.17, 15) is 14.7 Å². The van der Waals surface area contributed by atoms with Gasteiger partial charge in [-0.2, -0.15) is 0 Å². The monoisotopic (exact) mass is 401 g/mol. The summed E-state index contributed by atoms with van der Waals surface area (Å²) in [7, 11) is 0. The van der Waals surface area contributed by atoms with Crippen molar-refractivity contribution in [3.05, 3.63) is 0 Å². The first-order valence-corrected chi connectivity index (χ1v) is 11.4. The first-order chi connectivity index (χ1) is 13.5. The highest BCUT2D eigenvalue weighted by molar-refractivity contribution is 5.87. The van der Waals surface area contributed by atoms with Gasteiger partial charge in [0.15, 0.2) is 12.2 Å². The van der Waals surface area contributed by atoms with Crippen LogP contribution in [0.15, 0.2) is 0 Å². The number of aliphatic carboxylic acids is 1. The molecular weight excluding hydrogens is 358 g/mol. The molecule has 166 valence electrons. The Hall–Kier alpha value is -1.14. The van der Waals surface area contributed by atoms with E-state index in [1.54, 1.807) is 0 Å². The van der Waals surface area contributed by atoms with E-state index in [0.717, 1.165) is 19.3 Å². The number of rotatable bonds is 20. The smallest absolute Gasteiger partial charge is 0.335 e. The zero-order chi connectivity index (χ0) is 21.0. The van der Waals surface area contributed by atoms with Crippen LogP contribution in [-0.4, -0.2) is 45.9 Å². The standard InChI is InChI=1S/C22H43NO5/c1-2-3-4-5-6-7-8-9-10-11-12-13-14-15-16-17-18-23-21(26)19(24)20(25)22(27)28/h19-20,24-25H,2-18H2,1H3,(H,23,26)(H,27,28)/t19-,20-/m1/s1. The molecule has 0 aliphatic carbocycles. The molecule has 0 heterocycles. The number of amides is 1. The van der Waals surface area contributed by atoms with E-state index in [1.165, 1.54) is 83.5 Å². The van der Waals surface area contributed by atoms with Crippen LogP contribution < -0.4 is 5.32 Å². The lowest BCUT2D eigenvalue weighted by Gasteiger charge is -2.13.